The predicted octanol–water partition coefficient (Wildman–Crippen LogP) is 12.0. The number of nitrogens with zero attached hydrogens (tertiary/aromatic N) is 4. The Kier molecular flexibility index (Phi) is 6.70. The van der Waals surface area contributed by atoms with Gasteiger partial charge in [0, 0.05) is 33.2 Å². The third-order valence-corrected chi connectivity index (χ3v) is 9.31. The minimum Gasteiger partial charge on any atom is -0.456 e. The zero-order valence-corrected chi connectivity index (χ0v) is 27.3. The molecule has 10 rings (SSSR count). The highest BCUT2D eigenvalue weighted by molar-refractivity contribution is 6.13. The van der Waals surface area contributed by atoms with Crippen LogP contribution in [-0.4, -0.2) is 15.0 Å². The second kappa shape index (κ2) is 11.8. The highest BCUT2D eigenvalue weighted by Gasteiger charge is 2.26. The van der Waals surface area contributed by atoms with Crippen molar-refractivity contribution in [3.8, 4) is 56.8 Å². The first-order chi connectivity index (χ1) is 25.3. The van der Waals surface area contributed by atoms with Gasteiger partial charge in [0.15, 0.2) is 29.0 Å². The summed E-state index contributed by atoms with van der Waals surface area (Å²) in [5, 5.41) is 2.07. The molecule has 6 heteroatoms. The van der Waals surface area contributed by atoms with Gasteiger partial charge in [-0.1, -0.05) is 115 Å². The molecule has 0 spiro atoms. The standard InChI is InChI=1S/C45H28N4O2/c1-4-13-29(14-5-1)43-46-44(30-15-6-2-7-16-30)48-45(47-43)32-23-25-35-41(28-32)51-40-22-12-19-34(42(35)40)31-24-26-39-37(27-31)49(33-17-8-3-9-18-33)36-20-10-11-21-38(36)50-39/h1-28H. The normalized spacial score (nSPS) is 12.0. The first-order valence-electron chi connectivity index (χ1n) is 16.9. The van der Waals surface area contributed by atoms with Crippen molar-refractivity contribution in [1.82, 2.24) is 15.0 Å². The first kappa shape index (κ1) is 28.9. The first-order valence-corrected chi connectivity index (χ1v) is 16.9. The molecule has 7 aromatic carbocycles. The smallest absolute Gasteiger partial charge is 0.164 e. The largest absolute Gasteiger partial charge is 0.456 e. The van der Waals surface area contributed by atoms with Gasteiger partial charge in [-0.05, 0) is 65.7 Å². The zero-order chi connectivity index (χ0) is 33.7. The molecule has 6 nitrogen and oxygen atoms in total. The van der Waals surface area contributed by atoms with Crippen molar-refractivity contribution in [1.29, 1.82) is 0 Å². The van der Waals surface area contributed by atoms with Crippen LogP contribution in [0.15, 0.2) is 174 Å². The summed E-state index contributed by atoms with van der Waals surface area (Å²) in [5.74, 6) is 3.45. The average molecular weight is 657 g/mol. The Morgan fingerprint density at radius 3 is 1.75 bits per heavy atom. The Balaban J connectivity index is 1.10. The van der Waals surface area contributed by atoms with E-state index in [0.717, 1.165) is 78.3 Å². The lowest BCUT2D eigenvalue weighted by molar-refractivity contribution is 0.477. The second-order valence-electron chi connectivity index (χ2n) is 12.5. The topological polar surface area (TPSA) is 64.3 Å². The number of benzene rings is 7. The van der Waals surface area contributed by atoms with Gasteiger partial charge in [0.1, 0.15) is 11.2 Å². The van der Waals surface area contributed by atoms with Crippen molar-refractivity contribution in [3.05, 3.63) is 170 Å². The number of anilines is 3. The quantitative estimate of drug-likeness (QED) is 0.184. The summed E-state index contributed by atoms with van der Waals surface area (Å²) in [5.41, 5.74) is 9.45. The number of rotatable bonds is 5. The molecule has 0 saturated carbocycles. The minimum atomic E-state index is 0.584. The molecule has 0 aliphatic carbocycles. The van der Waals surface area contributed by atoms with Crippen LogP contribution in [0.3, 0.4) is 0 Å². The molecule has 0 bridgehead atoms. The van der Waals surface area contributed by atoms with E-state index in [4.69, 9.17) is 24.1 Å². The van der Waals surface area contributed by atoms with Gasteiger partial charge in [-0.2, -0.15) is 0 Å². The lowest BCUT2D eigenvalue weighted by Gasteiger charge is -2.33. The summed E-state index contributed by atoms with van der Waals surface area (Å²) >= 11 is 0. The van der Waals surface area contributed by atoms with Crippen molar-refractivity contribution < 1.29 is 9.15 Å². The Labute approximate surface area is 293 Å². The highest BCUT2D eigenvalue weighted by Crippen LogP contribution is 2.51. The van der Waals surface area contributed by atoms with Crippen LogP contribution in [0.2, 0.25) is 0 Å². The average Bonchev–Trinajstić information content (AvgIpc) is 3.59. The Bertz CT molecular complexity index is 2670. The molecule has 1 aliphatic rings. The van der Waals surface area contributed by atoms with Crippen molar-refractivity contribution in [2.75, 3.05) is 4.90 Å². The summed E-state index contributed by atoms with van der Waals surface area (Å²) in [7, 11) is 0. The molecule has 0 amide bonds. The van der Waals surface area contributed by atoms with Crippen LogP contribution in [0.4, 0.5) is 17.1 Å². The summed E-state index contributed by atoms with van der Waals surface area (Å²) in [6.45, 7) is 0. The van der Waals surface area contributed by atoms with Gasteiger partial charge < -0.3 is 14.1 Å². The molecule has 2 aromatic heterocycles. The van der Waals surface area contributed by atoms with Crippen LogP contribution in [0.25, 0.3) is 67.2 Å². The number of furan rings is 1. The van der Waals surface area contributed by atoms with Crippen molar-refractivity contribution in [3.63, 3.8) is 0 Å². The fourth-order valence-corrected chi connectivity index (χ4v) is 6.92. The monoisotopic (exact) mass is 656 g/mol. The molecule has 0 saturated heterocycles. The Hall–Kier alpha value is -7.05. The van der Waals surface area contributed by atoms with Gasteiger partial charge >= 0.3 is 0 Å². The van der Waals surface area contributed by atoms with Gasteiger partial charge in [-0.15, -0.1) is 0 Å². The van der Waals surface area contributed by atoms with Gasteiger partial charge in [0.25, 0.3) is 0 Å². The van der Waals surface area contributed by atoms with E-state index in [1.807, 2.05) is 103 Å². The molecular weight excluding hydrogens is 629 g/mol. The molecule has 240 valence electrons. The highest BCUT2D eigenvalue weighted by atomic mass is 16.5. The molecule has 51 heavy (non-hydrogen) atoms. The van der Waals surface area contributed by atoms with Crippen molar-refractivity contribution >= 4 is 39.0 Å². The molecule has 0 atom stereocenters. The number of hydrogen-bond donors (Lipinski definition) is 0. The fourth-order valence-electron chi connectivity index (χ4n) is 6.92. The molecular formula is C45H28N4O2. The van der Waals surface area contributed by atoms with E-state index < -0.39 is 0 Å². The third-order valence-electron chi connectivity index (χ3n) is 9.31. The predicted molar refractivity (Wildman–Crippen MR) is 204 cm³/mol. The maximum absolute atomic E-state index is 6.55. The number of aromatic nitrogens is 3. The number of hydrogen-bond acceptors (Lipinski definition) is 6. The van der Waals surface area contributed by atoms with Crippen LogP contribution in [0.5, 0.6) is 11.5 Å². The van der Waals surface area contributed by atoms with E-state index in [1.165, 1.54) is 0 Å². The van der Waals surface area contributed by atoms with E-state index in [0.29, 0.717) is 17.5 Å². The van der Waals surface area contributed by atoms with Gasteiger partial charge in [0.05, 0.1) is 11.4 Å². The van der Waals surface area contributed by atoms with Crippen LogP contribution >= 0.6 is 0 Å². The molecule has 0 fully saturated rings. The van der Waals surface area contributed by atoms with Crippen LogP contribution < -0.4 is 9.64 Å². The number of para-hydroxylation sites is 3. The summed E-state index contributed by atoms with van der Waals surface area (Å²) < 4.78 is 13.0. The third kappa shape index (κ3) is 5.01. The molecule has 1 aliphatic heterocycles. The molecule has 9 aromatic rings. The van der Waals surface area contributed by atoms with Gasteiger partial charge in [0.2, 0.25) is 0 Å². The molecule has 0 unspecified atom stereocenters. The van der Waals surface area contributed by atoms with Crippen molar-refractivity contribution in [2.45, 2.75) is 0 Å². The summed E-state index contributed by atoms with van der Waals surface area (Å²) in [6.07, 6.45) is 0. The van der Waals surface area contributed by atoms with Gasteiger partial charge in [-0.3, -0.25) is 0 Å². The van der Waals surface area contributed by atoms with E-state index in [9.17, 15) is 0 Å². The molecule has 3 heterocycles. The maximum Gasteiger partial charge on any atom is 0.164 e. The minimum absolute atomic E-state index is 0.584. The maximum atomic E-state index is 6.55. The van der Waals surface area contributed by atoms with Gasteiger partial charge in [-0.25, -0.2) is 15.0 Å². The van der Waals surface area contributed by atoms with E-state index >= 15 is 0 Å². The number of ether oxygens (including phenoxy) is 1. The van der Waals surface area contributed by atoms with Crippen LogP contribution in [0, 0.1) is 0 Å². The summed E-state index contributed by atoms with van der Waals surface area (Å²) in [4.78, 5) is 17.0. The lowest BCUT2D eigenvalue weighted by atomic mass is 9.97. The van der Waals surface area contributed by atoms with Crippen molar-refractivity contribution in [2.24, 2.45) is 0 Å². The Morgan fingerprint density at radius 2 is 1.02 bits per heavy atom. The molecule has 0 N–H and O–H groups in total. The summed E-state index contributed by atoms with van der Waals surface area (Å²) in [6, 6.07) is 57.4. The van der Waals surface area contributed by atoms with E-state index in [2.05, 4.69) is 71.6 Å². The SMILES string of the molecule is c1ccc(-c2nc(-c3ccccc3)nc(-c3ccc4c(c3)oc3cccc(-c5ccc6c(c5)N(c5ccccc5)c5ccccc5O6)c34)n2)cc1. The van der Waals surface area contributed by atoms with E-state index in [-0.39, 0.29) is 0 Å². The fraction of sp³-hybridized carbons (Fsp3) is 0. The zero-order valence-electron chi connectivity index (χ0n) is 27.3. The lowest BCUT2D eigenvalue weighted by Crippen LogP contribution is -2.15. The Morgan fingerprint density at radius 1 is 0.412 bits per heavy atom. The number of fused-ring (bicyclic) bond motifs is 5. The van der Waals surface area contributed by atoms with Crippen LogP contribution in [0.1, 0.15) is 0 Å². The second-order valence-corrected chi connectivity index (χ2v) is 12.5. The van der Waals surface area contributed by atoms with E-state index in [1.54, 1.807) is 0 Å². The van der Waals surface area contributed by atoms with Crippen LogP contribution in [-0.2, 0) is 0 Å². The molecule has 0 radical (unpaired) electrons.